The number of piperazine rings is 1. The van der Waals surface area contributed by atoms with E-state index < -0.39 is 48.2 Å². The third kappa shape index (κ3) is 5.26. The first-order valence-corrected chi connectivity index (χ1v) is 12.8. The molecule has 0 bridgehead atoms. The molecule has 0 radical (unpaired) electrons. The van der Waals surface area contributed by atoms with Crippen LogP contribution in [0.3, 0.4) is 0 Å². The Kier molecular flexibility index (Phi) is 7.08. The fourth-order valence-corrected chi connectivity index (χ4v) is 7.03. The number of benzene rings is 1. The van der Waals surface area contributed by atoms with Crippen molar-refractivity contribution in [1.82, 2.24) is 15.1 Å². The Morgan fingerprint density at radius 2 is 1.76 bits per heavy atom. The normalized spacial score (nSPS) is 31.2. The zero-order valence-corrected chi connectivity index (χ0v) is 20.7. The minimum absolute atomic E-state index is 0.0623. The van der Waals surface area contributed by atoms with Crippen molar-refractivity contribution in [3.8, 4) is 0 Å². The molecule has 0 saturated carbocycles. The Labute approximate surface area is 215 Å². The molecular formula is C24H29ClF6N4O2. The summed E-state index contributed by atoms with van der Waals surface area (Å²) in [5.41, 5.74) is 1.78. The van der Waals surface area contributed by atoms with Crippen molar-refractivity contribution in [2.45, 2.75) is 49.9 Å². The van der Waals surface area contributed by atoms with Crippen LogP contribution >= 0.6 is 11.6 Å². The lowest BCUT2D eigenvalue weighted by atomic mass is 9.84. The SMILES string of the molecule is O=C(O)C1NC(C(C(F)(F)F)C(F)(F)F)C2CN(Cc3ccc(Cl)cc3N3CCN4CCCC4C3)CC12. The molecule has 4 heterocycles. The molecular weight excluding hydrogens is 526 g/mol. The number of hydrogen-bond acceptors (Lipinski definition) is 5. The van der Waals surface area contributed by atoms with Gasteiger partial charge in [0.1, 0.15) is 6.04 Å². The molecule has 4 aliphatic rings. The molecule has 0 amide bonds. The number of carbonyl (C=O) groups is 1. The number of carboxylic acids is 1. The molecule has 206 valence electrons. The first-order chi connectivity index (χ1) is 17.3. The van der Waals surface area contributed by atoms with Gasteiger partial charge in [0.2, 0.25) is 0 Å². The first kappa shape index (κ1) is 26.8. The van der Waals surface area contributed by atoms with E-state index in [0.717, 1.165) is 50.3 Å². The Morgan fingerprint density at radius 1 is 1.05 bits per heavy atom. The van der Waals surface area contributed by atoms with Crippen LogP contribution in [0.1, 0.15) is 18.4 Å². The number of fused-ring (bicyclic) bond motifs is 2. The summed E-state index contributed by atoms with van der Waals surface area (Å²) in [5.74, 6) is -7.05. The maximum Gasteiger partial charge on any atom is 0.402 e. The van der Waals surface area contributed by atoms with Gasteiger partial charge in [0.25, 0.3) is 0 Å². The van der Waals surface area contributed by atoms with Gasteiger partial charge >= 0.3 is 18.3 Å². The van der Waals surface area contributed by atoms with E-state index in [9.17, 15) is 36.2 Å². The maximum atomic E-state index is 13.5. The van der Waals surface area contributed by atoms with Crippen molar-refractivity contribution in [1.29, 1.82) is 0 Å². The van der Waals surface area contributed by atoms with E-state index in [-0.39, 0.29) is 19.6 Å². The van der Waals surface area contributed by atoms with Crippen molar-refractivity contribution < 1.29 is 36.2 Å². The number of anilines is 1. The highest BCUT2D eigenvalue weighted by atomic mass is 35.5. The Morgan fingerprint density at radius 3 is 2.43 bits per heavy atom. The van der Waals surface area contributed by atoms with Gasteiger partial charge in [-0.2, -0.15) is 26.3 Å². The number of nitrogens with zero attached hydrogens (tertiary/aromatic N) is 3. The number of halogens is 7. The molecule has 0 aromatic heterocycles. The summed E-state index contributed by atoms with van der Waals surface area (Å²) >= 11 is 6.30. The van der Waals surface area contributed by atoms with Crippen LogP contribution in [-0.4, -0.2) is 90.6 Å². The van der Waals surface area contributed by atoms with Gasteiger partial charge in [-0.25, -0.2) is 0 Å². The summed E-state index contributed by atoms with van der Waals surface area (Å²) in [6, 6.07) is 2.31. The van der Waals surface area contributed by atoms with Crippen LogP contribution in [0.5, 0.6) is 0 Å². The van der Waals surface area contributed by atoms with E-state index in [0.29, 0.717) is 11.1 Å². The van der Waals surface area contributed by atoms with E-state index in [1.54, 1.807) is 11.0 Å². The third-order valence-corrected chi connectivity index (χ3v) is 8.68. The van der Waals surface area contributed by atoms with Crippen LogP contribution in [0, 0.1) is 17.8 Å². The first-order valence-electron chi connectivity index (χ1n) is 12.4. The molecule has 5 unspecified atom stereocenters. The van der Waals surface area contributed by atoms with Crippen LogP contribution in [0.25, 0.3) is 0 Å². The molecule has 6 nitrogen and oxygen atoms in total. The number of hydrogen-bond donors (Lipinski definition) is 2. The topological polar surface area (TPSA) is 59.1 Å². The zero-order chi connectivity index (χ0) is 26.7. The number of likely N-dealkylation sites (tertiary alicyclic amines) is 1. The third-order valence-electron chi connectivity index (χ3n) is 8.45. The number of aliphatic carboxylic acids is 1. The van der Waals surface area contributed by atoms with Gasteiger partial charge < -0.3 is 15.3 Å². The summed E-state index contributed by atoms with van der Waals surface area (Å²) < 4.78 is 81.3. The van der Waals surface area contributed by atoms with Gasteiger partial charge in [-0.15, -0.1) is 0 Å². The lowest BCUT2D eigenvalue weighted by Crippen LogP contribution is -2.53. The second-order valence-corrected chi connectivity index (χ2v) is 11.1. The molecule has 4 fully saturated rings. The van der Waals surface area contributed by atoms with E-state index in [1.807, 2.05) is 12.1 Å². The van der Waals surface area contributed by atoms with E-state index in [2.05, 4.69) is 15.1 Å². The summed E-state index contributed by atoms with van der Waals surface area (Å²) in [5, 5.41) is 12.3. The number of nitrogens with one attached hydrogen (secondary N) is 1. The molecule has 13 heteroatoms. The van der Waals surface area contributed by atoms with E-state index >= 15 is 0 Å². The second-order valence-electron chi connectivity index (χ2n) is 10.6. The molecule has 0 spiro atoms. The predicted octanol–water partition coefficient (Wildman–Crippen LogP) is 3.84. The van der Waals surface area contributed by atoms with Crippen LogP contribution < -0.4 is 10.2 Å². The lowest BCUT2D eigenvalue weighted by Gasteiger charge is -2.40. The molecule has 4 aliphatic heterocycles. The van der Waals surface area contributed by atoms with Gasteiger partial charge in [0, 0.05) is 68.0 Å². The van der Waals surface area contributed by atoms with E-state index in [1.165, 1.54) is 0 Å². The minimum Gasteiger partial charge on any atom is -0.480 e. The highest BCUT2D eigenvalue weighted by Crippen LogP contribution is 2.49. The Balaban J connectivity index is 1.37. The number of alkyl halides is 6. The summed E-state index contributed by atoms with van der Waals surface area (Å²) in [4.78, 5) is 18.3. The van der Waals surface area contributed by atoms with Crippen molar-refractivity contribution in [3.05, 3.63) is 28.8 Å². The quantitative estimate of drug-likeness (QED) is 0.540. The highest BCUT2D eigenvalue weighted by molar-refractivity contribution is 6.30. The Bertz CT molecular complexity index is 1010. The fourth-order valence-electron chi connectivity index (χ4n) is 6.86. The summed E-state index contributed by atoms with van der Waals surface area (Å²) in [6.07, 6.45) is -8.85. The van der Waals surface area contributed by atoms with Gasteiger partial charge in [-0.3, -0.25) is 14.6 Å². The molecule has 2 N–H and O–H groups in total. The monoisotopic (exact) mass is 554 g/mol. The number of rotatable bonds is 5. The summed E-state index contributed by atoms with van der Waals surface area (Å²) in [6.45, 7) is 3.92. The molecule has 4 saturated heterocycles. The smallest absolute Gasteiger partial charge is 0.402 e. The molecule has 5 atom stereocenters. The van der Waals surface area contributed by atoms with Crippen LogP contribution in [-0.2, 0) is 11.3 Å². The number of carboxylic acid groups (broad SMARTS) is 1. The van der Waals surface area contributed by atoms with Crippen molar-refractivity contribution in [2.24, 2.45) is 17.8 Å². The van der Waals surface area contributed by atoms with Crippen LogP contribution in [0.4, 0.5) is 32.0 Å². The average Bonchev–Trinajstić information content (AvgIpc) is 3.48. The minimum atomic E-state index is -5.55. The molecule has 0 aliphatic carbocycles. The lowest BCUT2D eigenvalue weighted by molar-refractivity contribution is -0.293. The van der Waals surface area contributed by atoms with Crippen molar-refractivity contribution in [2.75, 3.05) is 44.2 Å². The average molecular weight is 555 g/mol. The standard InChI is InChI=1S/C24H29ClF6N4O2/c25-14-4-3-13(18(8-14)35-7-6-34-5-1-2-15(34)10-35)9-33-11-16-17(12-33)20(22(36)37)32-19(16)21(23(26,27)28)24(29,30)31/h3-4,8,15-17,19-21,32H,1-2,5-7,9-12H2,(H,36,37). The maximum absolute atomic E-state index is 13.5. The van der Waals surface area contributed by atoms with Gasteiger partial charge in [-0.05, 0) is 43.0 Å². The van der Waals surface area contributed by atoms with Gasteiger partial charge in [0.15, 0.2) is 5.92 Å². The van der Waals surface area contributed by atoms with Gasteiger partial charge in [0.05, 0.1) is 0 Å². The molecule has 1 aromatic carbocycles. The Hall–Kier alpha value is -1.76. The van der Waals surface area contributed by atoms with Gasteiger partial charge in [-0.1, -0.05) is 17.7 Å². The van der Waals surface area contributed by atoms with Crippen molar-refractivity contribution in [3.63, 3.8) is 0 Å². The zero-order valence-electron chi connectivity index (χ0n) is 19.9. The van der Waals surface area contributed by atoms with Crippen LogP contribution in [0.2, 0.25) is 5.02 Å². The second kappa shape index (κ2) is 9.77. The fraction of sp³-hybridized carbons (Fsp3) is 0.708. The summed E-state index contributed by atoms with van der Waals surface area (Å²) in [7, 11) is 0. The van der Waals surface area contributed by atoms with Crippen LogP contribution in [0.15, 0.2) is 18.2 Å². The van der Waals surface area contributed by atoms with E-state index in [4.69, 9.17) is 11.6 Å². The molecule has 5 rings (SSSR count). The van der Waals surface area contributed by atoms with Crippen molar-refractivity contribution >= 4 is 23.3 Å². The highest BCUT2D eigenvalue weighted by Gasteiger charge is 2.66. The predicted molar refractivity (Wildman–Crippen MR) is 124 cm³/mol. The largest absolute Gasteiger partial charge is 0.480 e. The molecule has 37 heavy (non-hydrogen) atoms. The molecule has 1 aromatic rings.